The van der Waals surface area contributed by atoms with E-state index in [9.17, 15) is 13.6 Å². The van der Waals surface area contributed by atoms with Crippen molar-refractivity contribution in [3.05, 3.63) is 89.9 Å². The van der Waals surface area contributed by atoms with Crippen molar-refractivity contribution in [1.82, 2.24) is 29.5 Å². The fraction of sp³-hybridized carbons (Fsp3) is 0.214. The van der Waals surface area contributed by atoms with Gasteiger partial charge in [-0.3, -0.25) is 9.78 Å². The van der Waals surface area contributed by atoms with Gasteiger partial charge < -0.3 is 26.7 Å². The van der Waals surface area contributed by atoms with Gasteiger partial charge in [0.2, 0.25) is 0 Å². The van der Waals surface area contributed by atoms with E-state index < -0.39 is 23.1 Å². The molecule has 1 fully saturated rings. The smallest absolute Gasteiger partial charge is 0.267 e. The van der Waals surface area contributed by atoms with Gasteiger partial charge in [-0.05, 0) is 54.8 Å². The van der Waals surface area contributed by atoms with Gasteiger partial charge in [0.15, 0.2) is 23.1 Å². The van der Waals surface area contributed by atoms with Crippen LogP contribution in [0.2, 0.25) is 0 Å². The third kappa shape index (κ3) is 4.91. The Hall–Kier alpha value is -5.04. The highest BCUT2D eigenvalue weighted by molar-refractivity contribution is 5.90. The number of primary amides is 1. The van der Waals surface area contributed by atoms with Crippen LogP contribution in [0.3, 0.4) is 0 Å². The van der Waals surface area contributed by atoms with E-state index in [1.54, 1.807) is 30.7 Å². The minimum atomic E-state index is -0.961. The average molecular weight is 557 g/mol. The Balaban J connectivity index is 1.41. The van der Waals surface area contributed by atoms with Gasteiger partial charge in [0.05, 0.1) is 41.7 Å². The summed E-state index contributed by atoms with van der Waals surface area (Å²) < 4.78 is 29.6. The number of carbonyl (C=O) groups excluding carboxylic acids is 1. The second-order valence-corrected chi connectivity index (χ2v) is 10.1. The number of anilines is 2. The van der Waals surface area contributed by atoms with Crippen LogP contribution in [0.5, 0.6) is 0 Å². The van der Waals surface area contributed by atoms with E-state index in [1.807, 2.05) is 10.6 Å². The van der Waals surface area contributed by atoms with E-state index in [0.29, 0.717) is 54.2 Å². The summed E-state index contributed by atoms with van der Waals surface area (Å²) in [5.41, 5.74) is 21.7. The lowest BCUT2D eigenvalue weighted by Crippen LogP contribution is -2.52. The normalized spacial score (nSPS) is 17.2. The van der Waals surface area contributed by atoms with Crippen LogP contribution in [-0.2, 0) is 12.1 Å². The molecule has 1 aromatic carbocycles. The summed E-state index contributed by atoms with van der Waals surface area (Å²) in [6, 6.07) is 10.6. The van der Waals surface area contributed by atoms with Gasteiger partial charge in [0.1, 0.15) is 17.5 Å². The van der Waals surface area contributed by atoms with E-state index in [0.717, 1.165) is 29.8 Å². The number of amides is 1. The van der Waals surface area contributed by atoms with Crippen molar-refractivity contribution in [2.75, 3.05) is 23.7 Å². The molecular weight excluding hydrogens is 530 g/mol. The summed E-state index contributed by atoms with van der Waals surface area (Å²) in [6.07, 6.45) is 6.10. The second-order valence-electron chi connectivity index (χ2n) is 10.1. The van der Waals surface area contributed by atoms with E-state index in [2.05, 4.69) is 29.8 Å². The molecule has 0 bridgehead atoms. The third-order valence-electron chi connectivity index (χ3n) is 7.33. The SMILES string of the molecule is NC(=O)c1cccc(C2(N)CCCN(c3cnc(-c4ccc(F)c(F)c4)cc3Cn3cnc4c(N)ncnc43)C2)n1. The minimum Gasteiger partial charge on any atom is -0.382 e. The minimum absolute atomic E-state index is 0.149. The fourth-order valence-corrected chi connectivity index (χ4v) is 5.26. The van der Waals surface area contributed by atoms with E-state index in [4.69, 9.17) is 17.2 Å². The van der Waals surface area contributed by atoms with Gasteiger partial charge in [-0.25, -0.2) is 28.7 Å². The molecule has 1 saturated heterocycles. The van der Waals surface area contributed by atoms with E-state index in [-0.39, 0.29) is 11.5 Å². The van der Waals surface area contributed by atoms with Gasteiger partial charge in [-0.15, -0.1) is 0 Å². The maximum Gasteiger partial charge on any atom is 0.267 e. The van der Waals surface area contributed by atoms with Crippen LogP contribution in [0, 0.1) is 11.6 Å². The molecule has 5 heterocycles. The molecule has 6 rings (SSSR count). The Morgan fingerprint density at radius 3 is 2.71 bits per heavy atom. The highest BCUT2D eigenvalue weighted by Crippen LogP contribution is 2.34. The lowest BCUT2D eigenvalue weighted by atomic mass is 9.86. The summed E-state index contributed by atoms with van der Waals surface area (Å²) in [5.74, 6) is -2.26. The maximum absolute atomic E-state index is 14.1. The first-order valence-corrected chi connectivity index (χ1v) is 12.9. The molecule has 5 aromatic rings. The molecular formula is C28H26F2N10O. The zero-order valence-corrected chi connectivity index (χ0v) is 21.8. The Kier molecular flexibility index (Phi) is 6.50. The van der Waals surface area contributed by atoms with Gasteiger partial charge in [-0.1, -0.05) is 6.07 Å². The summed E-state index contributed by atoms with van der Waals surface area (Å²) >= 11 is 0. The zero-order valence-electron chi connectivity index (χ0n) is 21.8. The zero-order chi connectivity index (χ0) is 28.7. The molecule has 41 heavy (non-hydrogen) atoms. The van der Waals surface area contributed by atoms with Crippen molar-refractivity contribution < 1.29 is 13.6 Å². The Morgan fingerprint density at radius 2 is 1.90 bits per heavy atom. The number of halogens is 2. The van der Waals surface area contributed by atoms with Crippen LogP contribution < -0.4 is 22.1 Å². The summed E-state index contributed by atoms with van der Waals surface area (Å²) in [4.78, 5) is 35.6. The number of piperidine rings is 1. The number of pyridine rings is 2. The number of nitrogen functional groups attached to an aromatic ring is 1. The molecule has 13 heteroatoms. The molecule has 1 atom stereocenters. The number of nitrogens with two attached hydrogens (primary N) is 3. The summed E-state index contributed by atoms with van der Waals surface area (Å²) in [5, 5.41) is 0. The number of aromatic nitrogens is 6. The highest BCUT2D eigenvalue weighted by Gasteiger charge is 2.36. The van der Waals surface area contributed by atoms with Crippen molar-refractivity contribution in [3.8, 4) is 11.3 Å². The fourth-order valence-electron chi connectivity index (χ4n) is 5.26. The molecule has 1 unspecified atom stereocenters. The standard InChI is InChI=1S/C28H26F2N10O/c29-18-6-5-16(9-19(18)30)21-10-17(12-40-15-37-24-25(31)35-14-36-27(24)40)22(11-34-21)39-8-2-7-28(33,13-39)23-4-1-3-20(38-23)26(32)41/h1,3-6,9-11,14-15H,2,7-8,12-13,33H2,(H2,32,41)(H2,31,35,36). The molecule has 1 aliphatic heterocycles. The molecule has 4 aromatic heterocycles. The number of nitrogens with zero attached hydrogens (tertiary/aromatic N) is 7. The van der Waals surface area contributed by atoms with Crippen molar-refractivity contribution >= 4 is 28.6 Å². The van der Waals surface area contributed by atoms with Crippen molar-refractivity contribution in [1.29, 1.82) is 0 Å². The number of carbonyl (C=O) groups is 1. The molecule has 0 radical (unpaired) electrons. The Labute approximate surface area is 233 Å². The Morgan fingerprint density at radius 1 is 1.05 bits per heavy atom. The second kappa shape index (κ2) is 10.2. The number of fused-ring (bicyclic) bond motifs is 1. The molecule has 11 nitrogen and oxygen atoms in total. The van der Waals surface area contributed by atoms with Crippen LogP contribution in [0.25, 0.3) is 22.4 Å². The predicted molar refractivity (Wildman–Crippen MR) is 148 cm³/mol. The summed E-state index contributed by atoms with van der Waals surface area (Å²) in [7, 11) is 0. The van der Waals surface area contributed by atoms with Crippen molar-refractivity contribution in [3.63, 3.8) is 0 Å². The summed E-state index contributed by atoms with van der Waals surface area (Å²) in [6.45, 7) is 1.40. The molecule has 1 amide bonds. The molecule has 208 valence electrons. The molecule has 6 N–H and O–H groups in total. The van der Waals surface area contributed by atoms with Crippen LogP contribution in [0.15, 0.2) is 61.3 Å². The number of hydrogen-bond acceptors (Lipinski definition) is 9. The number of rotatable bonds is 6. The van der Waals surface area contributed by atoms with Crippen LogP contribution in [0.4, 0.5) is 20.3 Å². The quantitative estimate of drug-likeness (QED) is 0.285. The highest BCUT2D eigenvalue weighted by atomic mass is 19.2. The number of imidazole rings is 1. The monoisotopic (exact) mass is 556 g/mol. The first-order valence-electron chi connectivity index (χ1n) is 12.9. The van der Waals surface area contributed by atoms with Crippen molar-refractivity contribution in [2.45, 2.75) is 24.9 Å². The van der Waals surface area contributed by atoms with Gasteiger partial charge >= 0.3 is 0 Å². The Bertz CT molecular complexity index is 1790. The average Bonchev–Trinajstić information content (AvgIpc) is 3.38. The molecule has 0 aliphatic carbocycles. The molecule has 1 aliphatic rings. The predicted octanol–water partition coefficient (Wildman–Crippen LogP) is 2.75. The maximum atomic E-state index is 14.1. The molecule has 0 spiro atoms. The lowest BCUT2D eigenvalue weighted by molar-refractivity contribution is 0.0995. The van der Waals surface area contributed by atoms with Gasteiger partial charge in [0.25, 0.3) is 5.91 Å². The largest absolute Gasteiger partial charge is 0.382 e. The van der Waals surface area contributed by atoms with Gasteiger partial charge in [0, 0.05) is 18.7 Å². The topological polar surface area (TPSA) is 168 Å². The lowest BCUT2D eigenvalue weighted by Gasteiger charge is -2.41. The third-order valence-corrected chi connectivity index (χ3v) is 7.33. The van der Waals surface area contributed by atoms with E-state index in [1.165, 1.54) is 12.4 Å². The first-order chi connectivity index (χ1) is 19.7. The molecule has 0 saturated carbocycles. The number of benzene rings is 1. The van der Waals surface area contributed by atoms with Crippen molar-refractivity contribution in [2.24, 2.45) is 11.5 Å². The first kappa shape index (κ1) is 26.2. The van der Waals surface area contributed by atoms with E-state index >= 15 is 0 Å². The van der Waals surface area contributed by atoms with Gasteiger partial charge in [-0.2, -0.15) is 0 Å². The number of hydrogen-bond donors (Lipinski definition) is 3. The van der Waals surface area contributed by atoms with Crippen LogP contribution >= 0.6 is 0 Å². The van der Waals surface area contributed by atoms with Crippen LogP contribution in [0.1, 0.15) is 34.6 Å². The van der Waals surface area contributed by atoms with Crippen LogP contribution in [-0.4, -0.2) is 48.5 Å².